The number of benzene rings is 1. The van der Waals surface area contributed by atoms with Gasteiger partial charge in [-0.2, -0.15) is 0 Å². The quantitative estimate of drug-likeness (QED) is 0.738. The molecule has 2 aromatic heterocycles. The molecule has 1 saturated carbocycles. The third-order valence-electron chi connectivity index (χ3n) is 5.93. The van der Waals surface area contributed by atoms with E-state index in [1.54, 1.807) is 12.3 Å². The van der Waals surface area contributed by atoms with Crippen molar-refractivity contribution in [3.05, 3.63) is 65.6 Å². The SMILES string of the molecule is NC1Cc2cc(F)ccc2-n2c(nnc2C2CCC(Oc3ccccn3)CC2)C1. The Kier molecular flexibility index (Phi) is 4.75. The first-order valence-electron chi connectivity index (χ1n) is 10.2. The molecule has 6 nitrogen and oxygen atoms in total. The summed E-state index contributed by atoms with van der Waals surface area (Å²) in [5.74, 6) is 2.56. The van der Waals surface area contributed by atoms with Crippen molar-refractivity contribution in [2.75, 3.05) is 0 Å². The van der Waals surface area contributed by atoms with Crippen LogP contribution in [0.3, 0.4) is 0 Å². The lowest BCUT2D eigenvalue weighted by molar-refractivity contribution is 0.139. The minimum atomic E-state index is -0.235. The lowest BCUT2D eigenvalue weighted by Crippen LogP contribution is -2.25. The average Bonchev–Trinajstić information content (AvgIpc) is 3.06. The van der Waals surface area contributed by atoms with E-state index < -0.39 is 0 Å². The van der Waals surface area contributed by atoms with Crippen LogP contribution in [-0.4, -0.2) is 31.9 Å². The lowest BCUT2D eigenvalue weighted by Gasteiger charge is -2.28. The number of nitrogens with two attached hydrogens (primary N) is 1. The summed E-state index contributed by atoms with van der Waals surface area (Å²) in [6, 6.07) is 10.5. The second kappa shape index (κ2) is 7.55. The van der Waals surface area contributed by atoms with Crippen LogP contribution in [0.15, 0.2) is 42.6 Å². The van der Waals surface area contributed by atoms with Gasteiger partial charge in [0.25, 0.3) is 0 Å². The number of fused-ring (bicyclic) bond motifs is 3. The number of aromatic nitrogens is 4. The van der Waals surface area contributed by atoms with E-state index in [1.165, 1.54) is 6.07 Å². The van der Waals surface area contributed by atoms with Crippen LogP contribution < -0.4 is 10.5 Å². The minimum absolute atomic E-state index is 0.0867. The largest absolute Gasteiger partial charge is 0.474 e. The molecule has 150 valence electrons. The molecule has 3 heterocycles. The number of nitrogens with zero attached hydrogens (tertiary/aromatic N) is 4. The number of ether oxygens (including phenoxy) is 1. The summed E-state index contributed by atoms with van der Waals surface area (Å²) >= 11 is 0. The summed E-state index contributed by atoms with van der Waals surface area (Å²) in [5.41, 5.74) is 8.15. The smallest absolute Gasteiger partial charge is 0.213 e. The highest BCUT2D eigenvalue weighted by Crippen LogP contribution is 2.36. The highest BCUT2D eigenvalue weighted by molar-refractivity contribution is 5.45. The molecule has 0 saturated heterocycles. The van der Waals surface area contributed by atoms with E-state index in [1.807, 2.05) is 24.3 Å². The van der Waals surface area contributed by atoms with E-state index in [-0.39, 0.29) is 18.0 Å². The van der Waals surface area contributed by atoms with Gasteiger partial charge in [0, 0.05) is 30.6 Å². The highest BCUT2D eigenvalue weighted by Gasteiger charge is 2.31. The van der Waals surface area contributed by atoms with Crippen LogP contribution >= 0.6 is 0 Å². The Balaban J connectivity index is 1.38. The van der Waals surface area contributed by atoms with Crippen molar-refractivity contribution in [3.8, 4) is 11.6 Å². The molecule has 2 aliphatic rings. The summed E-state index contributed by atoms with van der Waals surface area (Å²) in [4.78, 5) is 4.26. The molecule has 0 spiro atoms. The molecule has 1 fully saturated rings. The molecule has 7 heteroatoms. The van der Waals surface area contributed by atoms with Crippen LogP contribution in [0.2, 0.25) is 0 Å². The molecule has 1 aliphatic heterocycles. The second-order valence-electron chi connectivity index (χ2n) is 8.01. The normalized spacial score (nSPS) is 23.7. The first-order chi connectivity index (χ1) is 14.2. The summed E-state index contributed by atoms with van der Waals surface area (Å²) in [6.07, 6.45) is 7.02. The third-order valence-corrected chi connectivity index (χ3v) is 5.93. The summed E-state index contributed by atoms with van der Waals surface area (Å²) in [6.45, 7) is 0. The summed E-state index contributed by atoms with van der Waals surface area (Å²) in [5, 5.41) is 8.99. The zero-order chi connectivity index (χ0) is 19.8. The fourth-order valence-corrected chi connectivity index (χ4v) is 4.54. The Hall–Kier alpha value is -2.80. The van der Waals surface area contributed by atoms with Gasteiger partial charge >= 0.3 is 0 Å². The fourth-order valence-electron chi connectivity index (χ4n) is 4.54. The zero-order valence-electron chi connectivity index (χ0n) is 16.2. The maximum Gasteiger partial charge on any atom is 0.213 e. The molecule has 1 aromatic carbocycles. The molecule has 5 rings (SSSR count). The molecule has 0 radical (unpaired) electrons. The minimum Gasteiger partial charge on any atom is -0.474 e. The molecule has 1 aliphatic carbocycles. The maximum atomic E-state index is 13.8. The highest BCUT2D eigenvalue weighted by atomic mass is 19.1. The van der Waals surface area contributed by atoms with E-state index >= 15 is 0 Å². The molecule has 3 aromatic rings. The Morgan fingerprint density at radius 3 is 2.69 bits per heavy atom. The Morgan fingerprint density at radius 1 is 1.03 bits per heavy atom. The van der Waals surface area contributed by atoms with Gasteiger partial charge in [-0.3, -0.25) is 4.57 Å². The van der Waals surface area contributed by atoms with Crippen molar-refractivity contribution < 1.29 is 9.13 Å². The van der Waals surface area contributed by atoms with Crippen molar-refractivity contribution >= 4 is 0 Å². The van der Waals surface area contributed by atoms with Crippen LogP contribution in [-0.2, 0) is 12.8 Å². The monoisotopic (exact) mass is 393 g/mol. The molecule has 2 N–H and O–H groups in total. The predicted octanol–water partition coefficient (Wildman–Crippen LogP) is 3.33. The molecular weight excluding hydrogens is 369 g/mol. The van der Waals surface area contributed by atoms with Crippen LogP contribution in [0.1, 0.15) is 48.8 Å². The maximum absolute atomic E-state index is 13.8. The zero-order valence-corrected chi connectivity index (χ0v) is 16.2. The summed E-state index contributed by atoms with van der Waals surface area (Å²) in [7, 11) is 0. The van der Waals surface area contributed by atoms with Gasteiger partial charge in [0.1, 0.15) is 23.6 Å². The average molecular weight is 393 g/mol. The van der Waals surface area contributed by atoms with E-state index in [4.69, 9.17) is 10.5 Å². The van der Waals surface area contributed by atoms with Crippen molar-refractivity contribution in [2.24, 2.45) is 5.73 Å². The van der Waals surface area contributed by atoms with Crippen molar-refractivity contribution in [1.82, 2.24) is 19.7 Å². The standard InChI is InChI=1S/C22H24FN5O/c23-16-6-9-19-15(11-16)12-17(24)13-20-26-27-22(28(19)20)14-4-7-18(8-5-14)29-21-3-1-2-10-25-21/h1-3,6,9-11,14,17-18H,4-5,7-8,12-13,24H2. The lowest BCUT2D eigenvalue weighted by atomic mass is 9.86. The molecule has 1 atom stereocenters. The number of halogens is 1. The third kappa shape index (κ3) is 3.62. The Bertz CT molecular complexity index is 998. The van der Waals surface area contributed by atoms with E-state index in [2.05, 4.69) is 19.7 Å². The molecule has 29 heavy (non-hydrogen) atoms. The predicted molar refractivity (Wildman–Crippen MR) is 107 cm³/mol. The van der Waals surface area contributed by atoms with Gasteiger partial charge < -0.3 is 10.5 Å². The van der Waals surface area contributed by atoms with Gasteiger partial charge in [-0.15, -0.1) is 10.2 Å². The topological polar surface area (TPSA) is 78.9 Å². The van der Waals surface area contributed by atoms with Crippen molar-refractivity contribution in [2.45, 2.75) is 56.6 Å². The van der Waals surface area contributed by atoms with Crippen molar-refractivity contribution in [3.63, 3.8) is 0 Å². The van der Waals surface area contributed by atoms with Crippen LogP contribution in [0, 0.1) is 5.82 Å². The first kappa shape index (κ1) is 18.2. The Labute approximate surface area is 168 Å². The fraction of sp³-hybridized carbons (Fsp3) is 0.409. The first-order valence-corrected chi connectivity index (χ1v) is 10.2. The van der Waals surface area contributed by atoms with Gasteiger partial charge in [0.15, 0.2) is 0 Å². The molecular formula is C22H24FN5O. The van der Waals surface area contributed by atoms with Gasteiger partial charge in [0.05, 0.1) is 5.69 Å². The number of pyridine rings is 1. The second-order valence-corrected chi connectivity index (χ2v) is 8.01. The molecule has 1 unspecified atom stereocenters. The molecule has 0 amide bonds. The van der Waals surface area contributed by atoms with Crippen LogP contribution in [0.4, 0.5) is 4.39 Å². The van der Waals surface area contributed by atoms with E-state index in [0.29, 0.717) is 24.6 Å². The van der Waals surface area contributed by atoms with Gasteiger partial charge in [-0.1, -0.05) is 6.07 Å². The molecule has 0 bridgehead atoms. The van der Waals surface area contributed by atoms with E-state index in [0.717, 1.165) is 48.6 Å². The number of rotatable bonds is 3. The van der Waals surface area contributed by atoms with Crippen LogP contribution in [0.25, 0.3) is 5.69 Å². The van der Waals surface area contributed by atoms with Crippen molar-refractivity contribution in [1.29, 1.82) is 0 Å². The van der Waals surface area contributed by atoms with Gasteiger partial charge in [-0.25, -0.2) is 9.37 Å². The van der Waals surface area contributed by atoms with E-state index in [9.17, 15) is 4.39 Å². The Morgan fingerprint density at radius 2 is 1.90 bits per heavy atom. The van der Waals surface area contributed by atoms with Gasteiger partial charge in [0.2, 0.25) is 5.88 Å². The number of hydrogen-bond donors (Lipinski definition) is 1. The number of hydrogen-bond acceptors (Lipinski definition) is 5. The van der Waals surface area contributed by atoms with Gasteiger partial charge in [-0.05, 0) is 61.9 Å². The van der Waals surface area contributed by atoms with Crippen LogP contribution in [0.5, 0.6) is 5.88 Å². The summed E-state index contributed by atoms with van der Waals surface area (Å²) < 4.78 is 22.0.